The zero-order chi connectivity index (χ0) is 17.1. The molecule has 1 aromatic carbocycles. The maximum Gasteiger partial charge on any atom is 0.335 e. The molecule has 2 rings (SSSR count). The molecular formula is C17H20N2O3S. The highest BCUT2D eigenvalue weighted by atomic mass is 32.1. The molecule has 0 fully saturated rings. The van der Waals surface area contributed by atoms with Crippen LogP contribution in [-0.2, 0) is 6.42 Å². The van der Waals surface area contributed by atoms with E-state index in [2.05, 4.69) is 24.1 Å². The first kappa shape index (κ1) is 17.1. The van der Waals surface area contributed by atoms with E-state index in [-0.39, 0.29) is 11.5 Å². The molecule has 0 aliphatic rings. The van der Waals surface area contributed by atoms with Gasteiger partial charge in [-0.2, -0.15) is 0 Å². The Morgan fingerprint density at radius 2 is 2.00 bits per heavy atom. The van der Waals surface area contributed by atoms with Gasteiger partial charge in [0.05, 0.1) is 16.3 Å². The van der Waals surface area contributed by atoms with E-state index < -0.39 is 5.97 Å². The van der Waals surface area contributed by atoms with Crippen LogP contribution in [0.25, 0.3) is 0 Å². The minimum absolute atomic E-state index is 0.200. The lowest BCUT2D eigenvalue weighted by atomic mass is 10.1. The predicted molar refractivity (Wildman–Crippen MR) is 91.5 cm³/mol. The van der Waals surface area contributed by atoms with Gasteiger partial charge < -0.3 is 10.4 Å². The van der Waals surface area contributed by atoms with E-state index in [4.69, 9.17) is 5.11 Å². The maximum atomic E-state index is 12.5. The molecule has 0 aliphatic heterocycles. The van der Waals surface area contributed by atoms with Crippen LogP contribution in [0, 0.1) is 19.8 Å². The lowest BCUT2D eigenvalue weighted by Crippen LogP contribution is -2.14. The number of rotatable bonds is 5. The molecule has 6 heteroatoms. The Hall–Kier alpha value is -2.21. The highest BCUT2D eigenvalue weighted by molar-refractivity contribution is 7.13. The molecule has 1 aromatic heterocycles. The largest absolute Gasteiger partial charge is 0.478 e. The van der Waals surface area contributed by atoms with Crippen molar-refractivity contribution < 1.29 is 14.7 Å². The van der Waals surface area contributed by atoms with Gasteiger partial charge in [0, 0.05) is 5.69 Å². The van der Waals surface area contributed by atoms with Gasteiger partial charge in [0.1, 0.15) is 4.88 Å². The van der Waals surface area contributed by atoms with Crippen LogP contribution in [0.15, 0.2) is 18.2 Å². The minimum Gasteiger partial charge on any atom is -0.478 e. The van der Waals surface area contributed by atoms with Crippen LogP contribution < -0.4 is 5.32 Å². The van der Waals surface area contributed by atoms with Gasteiger partial charge >= 0.3 is 5.97 Å². The van der Waals surface area contributed by atoms with Crippen LogP contribution in [0.2, 0.25) is 0 Å². The van der Waals surface area contributed by atoms with Gasteiger partial charge in [-0.1, -0.05) is 13.8 Å². The van der Waals surface area contributed by atoms with Crippen LogP contribution in [0.5, 0.6) is 0 Å². The fourth-order valence-corrected chi connectivity index (χ4v) is 3.18. The Bertz CT molecular complexity index is 750. The fourth-order valence-electron chi connectivity index (χ4n) is 2.34. The van der Waals surface area contributed by atoms with Gasteiger partial charge in [-0.15, -0.1) is 11.3 Å². The second-order valence-electron chi connectivity index (χ2n) is 5.90. The quantitative estimate of drug-likeness (QED) is 0.870. The van der Waals surface area contributed by atoms with Gasteiger partial charge in [-0.05, 0) is 49.9 Å². The summed E-state index contributed by atoms with van der Waals surface area (Å²) in [5.41, 5.74) is 2.24. The molecule has 5 nitrogen and oxygen atoms in total. The number of carbonyl (C=O) groups excluding carboxylic acids is 1. The number of thiazole rings is 1. The summed E-state index contributed by atoms with van der Waals surface area (Å²) in [6.45, 7) is 7.77. The van der Waals surface area contributed by atoms with Crippen molar-refractivity contribution in [2.75, 3.05) is 5.32 Å². The highest BCUT2D eigenvalue weighted by Crippen LogP contribution is 2.23. The molecule has 2 aromatic rings. The van der Waals surface area contributed by atoms with Crippen molar-refractivity contribution in [1.29, 1.82) is 0 Å². The molecule has 23 heavy (non-hydrogen) atoms. The van der Waals surface area contributed by atoms with Crippen LogP contribution >= 0.6 is 11.3 Å². The van der Waals surface area contributed by atoms with Crippen molar-refractivity contribution in [1.82, 2.24) is 4.98 Å². The Morgan fingerprint density at radius 1 is 1.30 bits per heavy atom. The van der Waals surface area contributed by atoms with E-state index in [1.807, 2.05) is 6.92 Å². The Labute approximate surface area is 139 Å². The fraction of sp³-hybridized carbons (Fsp3) is 0.353. The second kappa shape index (κ2) is 6.91. The molecule has 0 saturated carbocycles. The number of carboxylic acid groups (broad SMARTS) is 1. The first-order valence-corrected chi connectivity index (χ1v) is 8.21. The number of carbonyl (C=O) groups is 2. The maximum absolute atomic E-state index is 12.5. The number of carboxylic acids is 1. The van der Waals surface area contributed by atoms with E-state index >= 15 is 0 Å². The zero-order valence-corrected chi connectivity index (χ0v) is 14.5. The summed E-state index contributed by atoms with van der Waals surface area (Å²) in [7, 11) is 0. The van der Waals surface area contributed by atoms with Crippen LogP contribution in [-0.4, -0.2) is 22.0 Å². The standard InChI is InChI=1S/C17H20N2O3S/c1-9(2)7-14-15(23-11(4)18-14)16(20)19-12-5-6-13(17(21)22)10(3)8-12/h5-6,8-9H,7H2,1-4H3,(H,19,20)(H,21,22). The van der Waals surface area contributed by atoms with E-state index in [1.54, 1.807) is 19.1 Å². The number of nitrogens with zero attached hydrogens (tertiary/aromatic N) is 1. The molecule has 0 spiro atoms. The van der Waals surface area contributed by atoms with Gasteiger partial charge in [-0.3, -0.25) is 4.79 Å². The third-order valence-corrected chi connectivity index (χ3v) is 4.34. The monoisotopic (exact) mass is 332 g/mol. The molecule has 122 valence electrons. The highest BCUT2D eigenvalue weighted by Gasteiger charge is 2.18. The topological polar surface area (TPSA) is 79.3 Å². The van der Waals surface area contributed by atoms with E-state index in [1.165, 1.54) is 17.4 Å². The number of hydrogen-bond donors (Lipinski definition) is 2. The number of anilines is 1. The van der Waals surface area contributed by atoms with Crippen molar-refractivity contribution in [2.45, 2.75) is 34.1 Å². The molecular weight excluding hydrogens is 312 g/mol. The molecule has 0 atom stereocenters. The number of aryl methyl sites for hydroxylation is 2. The number of aromatic carboxylic acids is 1. The summed E-state index contributed by atoms with van der Waals surface area (Å²) in [6.07, 6.45) is 0.754. The van der Waals surface area contributed by atoms with Gasteiger partial charge in [0.25, 0.3) is 5.91 Å². The summed E-state index contributed by atoms with van der Waals surface area (Å²) in [5.74, 6) is -0.758. The molecule has 1 amide bonds. The van der Waals surface area contributed by atoms with E-state index in [9.17, 15) is 9.59 Å². The van der Waals surface area contributed by atoms with Crippen LogP contribution in [0.3, 0.4) is 0 Å². The smallest absolute Gasteiger partial charge is 0.335 e. The average molecular weight is 332 g/mol. The number of hydrogen-bond acceptors (Lipinski definition) is 4. The SMILES string of the molecule is Cc1nc(CC(C)C)c(C(=O)Nc2ccc(C(=O)O)c(C)c2)s1. The molecule has 0 aliphatic carbocycles. The summed E-state index contributed by atoms with van der Waals surface area (Å²) in [6, 6.07) is 4.77. The third-order valence-electron chi connectivity index (χ3n) is 3.33. The summed E-state index contributed by atoms with van der Waals surface area (Å²) < 4.78 is 0. The summed E-state index contributed by atoms with van der Waals surface area (Å²) >= 11 is 1.38. The molecule has 0 radical (unpaired) electrons. The van der Waals surface area contributed by atoms with Crippen molar-refractivity contribution in [2.24, 2.45) is 5.92 Å². The minimum atomic E-state index is -0.974. The third kappa shape index (κ3) is 4.16. The lowest BCUT2D eigenvalue weighted by Gasteiger charge is -2.08. The average Bonchev–Trinajstić information content (AvgIpc) is 2.78. The van der Waals surface area contributed by atoms with E-state index in [0.29, 0.717) is 22.0 Å². The first-order valence-electron chi connectivity index (χ1n) is 7.39. The molecule has 0 unspecified atom stereocenters. The van der Waals surface area contributed by atoms with Crippen molar-refractivity contribution in [3.63, 3.8) is 0 Å². The van der Waals surface area contributed by atoms with Gasteiger partial charge in [-0.25, -0.2) is 9.78 Å². The van der Waals surface area contributed by atoms with Crippen molar-refractivity contribution >= 4 is 28.9 Å². The number of aromatic nitrogens is 1. The normalized spacial score (nSPS) is 10.8. The van der Waals surface area contributed by atoms with E-state index in [0.717, 1.165) is 17.1 Å². The van der Waals surface area contributed by atoms with Gasteiger partial charge in [0.15, 0.2) is 0 Å². The molecule has 2 N–H and O–H groups in total. The summed E-state index contributed by atoms with van der Waals surface area (Å²) in [5, 5.41) is 12.7. The summed E-state index contributed by atoms with van der Waals surface area (Å²) in [4.78, 5) is 28.6. The van der Waals surface area contributed by atoms with Gasteiger partial charge in [0.2, 0.25) is 0 Å². The Balaban J connectivity index is 2.22. The lowest BCUT2D eigenvalue weighted by molar-refractivity contribution is 0.0696. The second-order valence-corrected chi connectivity index (χ2v) is 7.10. The molecule has 0 saturated heterocycles. The van der Waals surface area contributed by atoms with Crippen LogP contribution in [0.1, 0.15) is 50.1 Å². The molecule has 0 bridgehead atoms. The van der Waals surface area contributed by atoms with Crippen molar-refractivity contribution in [3.05, 3.63) is 44.9 Å². The number of benzene rings is 1. The number of nitrogens with one attached hydrogen (secondary N) is 1. The zero-order valence-electron chi connectivity index (χ0n) is 13.6. The first-order chi connectivity index (χ1) is 10.8. The molecule has 1 heterocycles. The Morgan fingerprint density at radius 3 is 2.57 bits per heavy atom. The Kier molecular flexibility index (Phi) is 5.15. The predicted octanol–water partition coefficient (Wildman–Crippen LogP) is 3.91. The number of amides is 1. The van der Waals surface area contributed by atoms with Crippen molar-refractivity contribution in [3.8, 4) is 0 Å². The van der Waals surface area contributed by atoms with Crippen LogP contribution in [0.4, 0.5) is 5.69 Å².